The quantitative estimate of drug-likeness (QED) is 0.724. The zero-order valence-electron chi connectivity index (χ0n) is 13.7. The Morgan fingerprint density at radius 1 is 1.00 bits per heavy atom. The highest BCUT2D eigenvalue weighted by Crippen LogP contribution is 2.36. The summed E-state index contributed by atoms with van der Waals surface area (Å²) in [6.45, 7) is 0. The van der Waals surface area contributed by atoms with Crippen LogP contribution in [0.2, 0.25) is 5.02 Å². The van der Waals surface area contributed by atoms with Gasteiger partial charge in [-0.15, -0.1) is 0 Å². The molecule has 0 aromatic heterocycles. The summed E-state index contributed by atoms with van der Waals surface area (Å²) in [5.41, 5.74) is -4.01. The van der Waals surface area contributed by atoms with Gasteiger partial charge in [0.25, 0.3) is 11.6 Å². The van der Waals surface area contributed by atoms with Crippen LogP contribution in [-0.4, -0.2) is 32.2 Å². The average molecular weight is 434 g/mol. The molecule has 1 atom stereocenters. The summed E-state index contributed by atoms with van der Waals surface area (Å²) in [5, 5.41) is 1.60. The molecule has 0 unspecified atom stereocenters. The molecule has 12 heteroatoms. The van der Waals surface area contributed by atoms with E-state index in [-0.39, 0.29) is 15.6 Å². The van der Waals surface area contributed by atoms with Gasteiger partial charge in [-0.3, -0.25) is 4.79 Å². The molecule has 3 amide bonds. The minimum atomic E-state index is -5.47. The number of sulfonamides is 1. The topological polar surface area (TPSA) is 95.6 Å². The molecule has 2 aromatic rings. The molecule has 148 valence electrons. The fourth-order valence-electron chi connectivity index (χ4n) is 2.53. The van der Waals surface area contributed by atoms with E-state index in [4.69, 9.17) is 11.6 Å². The molecule has 7 nitrogen and oxygen atoms in total. The van der Waals surface area contributed by atoms with Crippen LogP contribution in [0.3, 0.4) is 0 Å². The molecular formula is C16H11ClF3N3O4S. The predicted molar refractivity (Wildman–Crippen MR) is 93.0 cm³/mol. The number of imide groups is 1. The highest BCUT2D eigenvalue weighted by Gasteiger charge is 2.69. The van der Waals surface area contributed by atoms with E-state index in [1.54, 1.807) is 0 Å². The lowest BCUT2D eigenvalue weighted by molar-refractivity contribution is -0.194. The Balaban J connectivity index is 2.07. The van der Waals surface area contributed by atoms with Gasteiger partial charge in [0.1, 0.15) is 0 Å². The van der Waals surface area contributed by atoms with Crippen molar-refractivity contribution in [3.05, 3.63) is 59.6 Å². The Hall–Kier alpha value is -2.63. The van der Waals surface area contributed by atoms with Crippen LogP contribution in [0.1, 0.15) is 0 Å². The lowest BCUT2D eigenvalue weighted by atomic mass is 10.1. The van der Waals surface area contributed by atoms with Crippen LogP contribution >= 0.6 is 11.6 Å². The zero-order chi connectivity index (χ0) is 20.7. The fourth-order valence-corrected chi connectivity index (χ4v) is 3.93. The Morgan fingerprint density at radius 3 is 2.11 bits per heavy atom. The lowest BCUT2D eigenvalue weighted by Gasteiger charge is -2.29. The number of amides is 3. The summed E-state index contributed by atoms with van der Waals surface area (Å²) >= 11 is 5.65. The number of hydrogen-bond donors (Lipinski definition) is 2. The van der Waals surface area contributed by atoms with Gasteiger partial charge < -0.3 is 5.32 Å². The van der Waals surface area contributed by atoms with Crippen molar-refractivity contribution in [2.75, 3.05) is 4.90 Å². The van der Waals surface area contributed by atoms with Crippen LogP contribution in [0.4, 0.5) is 23.7 Å². The molecule has 28 heavy (non-hydrogen) atoms. The molecule has 0 saturated carbocycles. The van der Waals surface area contributed by atoms with Crippen LogP contribution < -0.4 is 14.9 Å². The molecule has 1 aliphatic rings. The number of benzene rings is 2. The largest absolute Gasteiger partial charge is 0.435 e. The van der Waals surface area contributed by atoms with E-state index in [1.807, 2.05) is 0 Å². The van der Waals surface area contributed by atoms with Crippen molar-refractivity contribution in [2.24, 2.45) is 0 Å². The summed E-state index contributed by atoms with van der Waals surface area (Å²) in [7, 11) is -4.85. The minimum absolute atomic E-state index is 0.151. The van der Waals surface area contributed by atoms with E-state index in [0.29, 0.717) is 0 Å². The van der Waals surface area contributed by atoms with Crippen molar-refractivity contribution in [3.63, 3.8) is 0 Å². The maximum Gasteiger partial charge on any atom is 0.435 e. The van der Waals surface area contributed by atoms with E-state index in [1.165, 1.54) is 40.4 Å². The van der Waals surface area contributed by atoms with Crippen LogP contribution in [-0.2, 0) is 14.8 Å². The number of alkyl halides is 3. The normalized spacial score (nSPS) is 20.4. The molecule has 0 aliphatic carbocycles. The number of rotatable bonds is 4. The zero-order valence-corrected chi connectivity index (χ0v) is 15.3. The maximum absolute atomic E-state index is 13.8. The molecule has 1 aliphatic heterocycles. The number of urea groups is 1. The van der Waals surface area contributed by atoms with Crippen molar-refractivity contribution in [1.29, 1.82) is 0 Å². The predicted octanol–water partition coefficient (Wildman–Crippen LogP) is 2.63. The monoisotopic (exact) mass is 433 g/mol. The van der Waals surface area contributed by atoms with Crippen LogP contribution in [0.15, 0.2) is 59.5 Å². The third kappa shape index (κ3) is 3.32. The molecule has 2 N–H and O–H groups in total. The summed E-state index contributed by atoms with van der Waals surface area (Å²) in [6.07, 6.45) is -5.47. The van der Waals surface area contributed by atoms with Crippen molar-refractivity contribution < 1.29 is 31.2 Å². The molecule has 1 heterocycles. The van der Waals surface area contributed by atoms with Gasteiger partial charge in [-0.1, -0.05) is 29.8 Å². The van der Waals surface area contributed by atoms with Gasteiger partial charge in [0.15, 0.2) is 0 Å². The Labute approximate surface area is 162 Å². The van der Waals surface area contributed by atoms with Gasteiger partial charge in [-0.25, -0.2) is 18.1 Å². The number of nitrogens with zero attached hydrogens (tertiary/aromatic N) is 1. The average Bonchev–Trinajstić information content (AvgIpc) is 2.86. The smallest absolute Gasteiger partial charge is 0.302 e. The summed E-state index contributed by atoms with van der Waals surface area (Å²) in [6, 6.07) is 9.62. The number of carbonyl (C=O) groups is 2. The molecular weight excluding hydrogens is 423 g/mol. The molecule has 3 rings (SSSR count). The van der Waals surface area contributed by atoms with Gasteiger partial charge in [0.05, 0.1) is 10.6 Å². The second kappa shape index (κ2) is 6.76. The lowest BCUT2D eigenvalue weighted by Crippen LogP contribution is -2.69. The maximum atomic E-state index is 13.8. The highest BCUT2D eigenvalue weighted by atomic mass is 35.5. The van der Waals surface area contributed by atoms with Gasteiger partial charge in [0, 0.05) is 5.02 Å². The fraction of sp³-hybridized carbons (Fsp3) is 0.125. The summed E-state index contributed by atoms with van der Waals surface area (Å²) in [4.78, 5) is 24.4. The van der Waals surface area contributed by atoms with Gasteiger partial charge >= 0.3 is 12.2 Å². The number of para-hydroxylation sites is 1. The molecule has 1 fully saturated rings. The second-order valence-corrected chi connectivity index (χ2v) is 7.83. The third-order valence-electron chi connectivity index (χ3n) is 3.87. The van der Waals surface area contributed by atoms with Crippen molar-refractivity contribution >= 4 is 39.2 Å². The Morgan fingerprint density at radius 2 is 1.57 bits per heavy atom. The Kier molecular flexibility index (Phi) is 4.86. The second-order valence-electron chi connectivity index (χ2n) is 5.71. The minimum Gasteiger partial charge on any atom is -0.302 e. The van der Waals surface area contributed by atoms with Crippen LogP contribution in [0, 0.1) is 0 Å². The highest BCUT2D eigenvalue weighted by molar-refractivity contribution is 7.89. The molecule has 2 aromatic carbocycles. The summed E-state index contributed by atoms with van der Waals surface area (Å²) in [5.74, 6) is -1.83. The van der Waals surface area contributed by atoms with Gasteiger partial charge in [0.2, 0.25) is 10.0 Å². The van der Waals surface area contributed by atoms with Gasteiger partial charge in [-0.2, -0.15) is 17.9 Å². The number of hydrogen-bond acceptors (Lipinski definition) is 4. The molecule has 0 radical (unpaired) electrons. The van der Waals surface area contributed by atoms with E-state index < -0.39 is 38.7 Å². The van der Waals surface area contributed by atoms with E-state index in [2.05, 4.69) is 0 Å². The number of halogens is 4. The van der Waals surface area contributed by atoms with Crippen molar-refractivity contribution in [1.82, 2.24) is 10.0 Å². The third-order valence-corrected chi connectivity index (χ3v) is 5.59. The number of carbonyl (C=O) groups excluding carboxylic acids is 2. The summed E-state index contributed by atoms with van der Waals surface area (Å²) < 4.78 is 67.7. The standard InChI is InChI=1S/C16H11ClF3N3O4S/c17-10-6-8-12(9-7-10)28(26,27)22-15(16(18,19)20)13(24)23(14(25)21-15)11-4-2-1-3-5-11/h1-9,22H,(H,21,25)/t15-/m1/s1. The SMILES string of the molecule is O=C1N[C@](NS(=O)(=O)c2ccc(Cl)cc2)(C(F)(F)F)C(=O)N1c1ccccc1. The first-order chi connectivity index (χ1) is 13.0. The van der Waals surface area contributed by atoms with E-state index in [9.17, 15) is 31.2 Å². The number of anilines is 1. The van der Waals surface area contributed by atoms with Crippen LogP contribution in [0.5, 0.6) is 0 Å². The molecule has 0 bridgehead atoms. The number of nitrogens with one attached hydrogen (secondary N) is 2. The molecule has 0 spiro atoms. The van der Waals surface area contributed by atoms with Crippen LogP contribution in [0.25, 0.3) is 0 Å². The first-order valence-electron chi connectivity index (χ1n) is 7.56. The van der Waals surface area contributed by atoms with Crippen molar-refractivity contribution in [3.8, 4) is 0 Å². The van der Waals surface area contributed by atoms with Crippen molar-refractivity contribution in [2.45, 2.75) is 16.7 Å². The first kappa shape index (κ1) is 20.1. The van der Waals surface area contributed by atoms with E-state index in [0.717, 1.165) is 24.3 Å². The first-order valence-corrected chi connectivity index (χ1v) is 9.42. The Bertz CT molecular complexity index is 1030. The van der Waals surface area contributed by atoms with Gasteiger partial charge in [-0.05, 0) is 36.4 Å². The van der Waals surface area contributed by atoms with E-state index >= 15 is 0 Å². The molecule has 1 saturated heterocycles.